The average molecular weight is 400 g/mol. The molecule has 0 radical (unpaired) electrons. The van der Waals surface area contributed by atoms with Crippen molar-refractivity contribution in [2.24, 2.45) is 5.18 Å². The van der Waals surface area contributed by atoms with Gasteiger partial charge in [-0.2, -0.15) is 0 Å². The van der Waals surface area contributed by atoms with Crippen molar-refractivity contribution in [3.05, 3.63) is 29.2 Å². The van der Waals surface area contributed by atoms with Gasteiger partial charge in [0.2, 0.25) is 0 Å². The maximum absolute atomic E-state index is 11.8. The number of aliphatic hydroxyl groups excluding tert-OH is 1. The van der Waals surface area contributed by atoms with Crippen LogP contribution >= 0.6 is 0 Å². The van der Waals surface area contributed by atoms with Gasteiger partial charge in [0, 0.05) is 33.0 Å². The number of ether oxygens (including phenoxy) is 1. The second-order valence-corrected chi connectivity index (χ2v) is 9.61. The van der Waals surface area contributed by atoms with E-state index in [-0.39, 0.29) is 13.2 Å². The molecule has 0 spiro atoms. The second-order valence-electron chi connectivity index (χ2n) is 6.03. The zero-order chi connectivity index (χ0) is 20.1. The van der Waals surface area contributed by atoms with Crippen LogP contribution in [0.1, 0.15) is 6.42 Å². The van der Waals surface area contributed by atoms with Crippen molar-refractivity contribution in [3.63, 3.8) is 0 Å². The number of aliphatic hydroxyl groups is 1. The molecule has 0 aliphatic carbocycles. The van der Waals surface area contributed by atoms with Gasteiger partial charge in [-0.25, -0.2) is 4.79 Å². The molecule has 0 aromatic heterocycles. The standard InChI is InChI=1S/C17H29N3O6Si/c1-24-27(3,25-2)14-4-9-18-17(22)26-13-11-20(10-12-21)16-7-5-15(19-23)6-8-16/h5-8,21H,4,9-14H2,1-3H3,(H,18,22). The lowest BCUT2D eigenvalue weighted by Gasteiger charge is -2.24. The number of nitrogens with one attached hydrogen (secondary N) is 1. The Hall–Kier alpha value is -2.01. The number of hydrogen-bond donors (Lipinski definition) is 2. The van der Waals surface area contributed by atoms with E-state index in [4.69, 9.17) is 13.6 Å². The molecule has 0 heterocycles. The van der Waals surface area contributed by atoms with Crippen LogP contribution in [0.4, 0.5) is 16.2 Å². The van der Waals surface area contributed by atoms with E-state index in [0.717, 1.165) is 18.2 Å². The molecule has 9 nitrogen and oxygen atoms in total. The zero-order valence-electron chi connectivity index (χ0n) is 16.1. The number of nitroso groups, excluding NO2 is 1. The molecule has 0 saturated carbocycles. The van der Waals surface area contributed by atoms with Gasteiger partial charge in [-0.1, -0.05) is 0 Å². The highest BCUT2D eigenvalue weighted by Gasteiger charge is 2.27. The van der Waals surface area contributed by atoms with Crippen LogP contribution in [-0.4, -0.2) is 66.8 Å². The van der Waals surface area contributed by atoms with E-state index in [1.54, 1.807) is 38.5 Å². The smallest absolute Gasteiger partial charge is 0.407 e. The third kappa shape index (κ3) is 8.48. The van der Waals surface area contributed by atoms with Crippen LogP contribution in [0.3, 0.4) is 0 Å². The molecule has 0 unspecified atom stereocenters. The van der Waals surface area contributed by atoms with E-state index >= 15 is 0 Å². The van der Waals surface area contributed by atoms with E-state index < -0.39 is 14.7 Å². The fourth-order valence-corrected chi connectivity index (χ4v) is 3.80. The summed E-state index contributed by atoms with van der Waals surface area (Å²) >= 11 is 0. The fourth-order valence-electron chi connectivity index (χ4n) is 2.40. The van der Waals surface area contributed by atoms with Crippen molar-refractivity contribution in [2.75, 3.05) is 52.0 Å². The Morgan fingerprint density at radius 2 is 1.89 bits per heavy atom. The van der Waals surface area contributed by atoms with Crippen LogP contribution in [0.2, 0.25) is 12.6 Å². The summed E-state index contributed by atoms with van der Waals surface area (Å²) in [5.74, 6) is 0. The number of benzene rings is 1. The van der Waals surface area contributed by atoms with Crippen LogP contribution in [-0.2, 0) is 13.6 Å². The zero-order valence-corrected chi connectivity index (χ0v) is 17.1. The van der Waals surface area contributed by atoms with Crippen molar-refractivity contribution >= 4 is 26.0 Å². The lowest BCUT2D eigenvalue weighted by molar-refractivity contribution is 0.148. The monoisotopic (exact) mass is 399 g/mol. The van der Waals surface area contributed by atoms with Crippen LogP contribution in [0.15, 0.2) is 29.4 Å². The molecule has 10 heteroatoms. The molecule has 0 aliphatic rings. The summed E-state index contributed by atoms with van der Waals surface area (Å²) in [6, 6.07) is 7.43. The first-order valence-corrected chi connectivity index (χ1v) is 11.3. The van der Waals surface area contributed by atoms with Gasteiger partial charge in [-0.15, -0.1) is 4.91 Å². The molecular formula is C17H29N3O6Si. The lowest BCUT2D eigenvalue weighted by atomic mass is 10.2. The van der Waals surface area contributed by atoms with Gasteiger partial charge >= 0.3 is 14.7 Å². The van der Waals surface area contributed by atoms with Crippen molar-refractivity contribution in [1.82, 2.24) is 5.32 Å². The highest BCUT2D eigenvalue weighted by molar-refractivity contribution is 6.65. The van der Waals surface area contributed by atoms with Crippen LogP contribution in [0.25, 0.3) is 0 Å². The summed E-state index contributed by atoms with van der Waals surface area (Å²) in [7, 11) is 1.16. The third-order valence-electron chi connectivity index (χ3n) is 4.23. The number of anilines is 1. The molecule has 0 saturated heterocycles. The van der Waals surface area contributed by atoms with Crippen LogP contribution < -0.4 is 10.2 Å². The molecule has 1 rings (SSSR count). The SMILES string of the molecule is CO[Si](C)(CCCNC(=O)OCCN(CCO)c1ccc(N=O)cc1)OC. The Balaban J connectivity index is 2.33. The molecule has 152 valence electrons. The molecule has 0 fully saturated rings. The van der Waals surface area contributed by atoms with Gasteiger partial charge in [0.1, 0.15) is 12.3 Å². The minimum atomic E-state index is -2.11. The van der Waals surface area contributed by atoms with E-state index in [9.17, 15) is 14.8 Å². The summed E-state index contributed by atoms with van der Waals surface area (Å²) in [6.07, 6.45) is 0.255. The van der Waals surface area contributed by atoms with Crippen molar-refractivity contribution in [3.8, 4) is 0 Å². The molecule has 0 bridgehead atoms. The molecule has 1 aromatic rings. The number of carbonyl (C=O) groups excluding carboxylic acids is 1. The van der Waals surface area contributed by atoms with Gasteiger partial charge in [-0.3, -0.25) is 0 Å². The van der Waals surface area contributed by atoms with Gasteiger partial charge in [0.25, 0.3) is 0 Å². The first-order valence-electron chi connectivity index (χ1n) is 8.78. The summed E-state index contributed by atoms with van der Waals surface area (Å²) < 4.78 is 16.0. The quantitative estimate of drug-likeness (QED) is 0.298. The highest BCUT2D eigenvalue weighted by atomic mass is 28.4. The number of carbonyl (C=O) groups is 1. The van der Waals surface area contributed by atoms with Crippen LogP contribution in [0.5, 0.6) is 0 Å². The molecule has 0 aliphatic heterocycles. The van der Waals surface area contributed by atoms with Gasteiger partial charge in [0.05, 0.1) is 13.2 Å². The maximum atomic E-state index is 11.8. The van der Waals surface area contributed by atoms with E-state index in [1.807, 2.05) is 11.4 Å². The largest absolute Gasteiger partial charge is 0.448 e. The minimum absolute atomic E-state index is 0.0401. The van der Waals surface area contributed by atoms with Gasteiger partial charge in [0.15, 0.2) is 0 Å². The number of amides is 1. The predicted octanol–water partition coefficient (Wildman–Crippen LogP) is 2.36. The van der Waals surface area contributed by atoms with E-state index in [0.29, 0.717) is 25.3 Å². The molecule has 27 heavy (non-hydrogen) atoms. The minimum Gasteiger partial charge on any atom is -0.448 e. The topological polar surface area (TPSA) is 110 Å². The normalized spacial score (nSPS) is 11.1. The van der Waals surface area contributed by atoms with Crippen molar-refractivity contribution in [2.45, 2.75) is 19.0 Å². The first kappa shape index (κ1) is 23.0. The van der Waals surface area contributed by atoms with Crippen molar-refractivity contribution in [1.29, 1.82) is 0 Å². The molecular weight excluding hydrogens is 370 g/mol. The molecule has 1 amide bonds. The Bertz CT molecular complexity index is 568. The fraction of sp³-hybridized carbons (Fsp3) is 0.588. The van der Waals surface area contributed by atoms with E-state index in [1.165, 1.54) is 0 Å². The second kappa shape index (κ2) is 12.4. The summed E-state index contributed by atoms with van der Waals surface area (Å²) in [5, 5.41) is 14.8. The number of alkyl carbamates (subject to hydrolysis) is 1. The molecule has 2 N–H and O–H groups in total. The third-order valence-corrected chi connectivity index (χ3v) is 7.21. The highest BCUT2D eigenvalue weighted by Crippen LogP contribution is 2.19. The summed E-state index contributed by atoms with van der Waals surface area (Å²) in [4.78, 5) is 24.1. The number of rotatable bonds is 13. The average Bonchev–Trinajstić information content (AvgIpc) is 2.70. The Morgan fingerprint density at radius 3 is 2.44 bits per heavy atom. The lowest BCUT2D eigenvalue weighted by Crippen LogP contribution is -2.37. The summed E-state index contributed by atoms with van der Waals surface area (Å²) in [6.45, 7) is 3.38. The number of hydrogen-bond acceptors (Lipinski definition) is 8. The number of nitrogens with zero attached hydrogens (tertiary/aromatic N) is 2. The van der Waals surface area contributed by atoms with Gasteiger partial charge < -0.3 is 28.9 Å². The predicted molar refractivity (Wildman–Crippen MR) is 106 cm³/mol. The van der Waals surface area contributed by atoms with Crippen molar-refractivity contribution < 1.29 is 23.5 Å². The molecule has 1 aromatic carbocycles. The first-order chi connectivity index (χ1) is 13.0. The Labute approximate surface area is 160 Å². The Morgan fingerprint density at radius 1 is 1.22 bits per heavy atom. The summed E-state index contributed by atoms with van der Waals surface area (Å²) in [5.41, 5.74) is 1.14. The Kier molecular flexibility index (Phi) is 10.6. The maximum Gasteiger partial charge on any atom is 0.407 e. The van der Waals surface area contributed by atoms with Gasteiger partial charge in [-0.05, 0) is 48.5 Å². The molecule has 0 atom stereocenters. The van der Waals surface area contributed by atoms with E-state index in [2.05, 4.69) is 10.5 Å². The van der Waals surface area contributed by atoms with Crippen LogP contribution in [0, 0.1) is 4.91 Å².